The minimum Gasteiger partial charge on any atom is -0.444 e. The van der Waals surface area contributed by atoms with E-state index in [4.69, 9.17) is 9.47 Å². The molecule has 4 rings (SSSR count). The monoisotopic (exact) mass is 419 g/mol. The Hall–Kier alpha value is -2.62. The zero-order valence-electron chi connectivity index (χ0n) is 18.0. The van der Waals surface area contributed by atoms with Crippen LogP contribution in [0.3, 0.4) is 0 Å². The van der Waals surface area contributed by atoms with E-state index in [9.17, 15) is 14.4 Å². The predicted octanol–water partition coefficient (Wildman–Crippen LogP) is 0.986. The average Bonchev–Trinajstić information content (AvgIpc) is 3.22. The summed E-state index contributed by atoms with van der Waals surface area (Å²) in [5.41, 5.74) is 0.921. The van der Waals surface area contributed by atoms with Crippen LogP contribution in [-0.2, 0) is 32.2 Å². The number of aromatic nitrogens is 2. The molecule has 3 amide bonds. The quantitative estimate of drug-likeness (QED) is 0.709. The van der Waals surface area contributed by atoms with Gasteiger partial charge in [0, 0.05) is 19.5 Å². The van der Waals surface area contributed by atoms with Crippen LogP contribution in [-0.4, -0.2) is 81.5 Å². The van der Waals surface area contributed by atoms with E-state index in [1.165, 1.54) is 0 Å². The molecule has 1 unspecified atom stereocenters. The number of rotatable bonds is 2. The fraction of sp³-hybridized carbons (Fsp3) is 0.700. The van der Waals surface area contributed by atoms with E-state index >= 15 is 0 Å². The maximum Gasteiger partial charge on any atom is 0.410 e. The van der Waals surface area contributed by atoms with Gasteiger partial charge in [-0.05, 0) is 27.7 Å². The number of ether oxygens (including phenoxy) is 2. The fourth-order valence-electron chi connectivity index (χ4n) is 4.22. The maximum atomic E-state index is 12.8. The van der Waals surface area contributed by atoms with Gasteiger partial charge in [-0.25, -0.2) is 4.79 Å². The van der Waals surface area contributed by atoms with Crippen LogP contribution in [0.25, 0.3) is 0 Å². The highest BCUT2D eigenvalue weighted by Crippen LogP contribution is 2.32. The van der Waals surface area contributed by atoms with E-state index in [0.29, 0.717) is 38.5 Å². The van der Waals surface area contributed by atoms with Gasteiger partial charge in [0.25, 0.3) is 0 Å². The van der Waals surface area contributed by atoms with Gasteiger partial charge in [-0.3, -0.25) is 19.2 Å². The van der Waals surface area contributed by atoms with Crippen LogP contribution in [0.1, 0.15) is 39.8 Å². The third-order valence-electron chi connectivity index (χ3n) is 5.70. The van der Waals surface area contributed by atoms with Gasteiger partial charge in [0.1, 0.15) is 12.2 Å². The Balaban J connectivity index is 1.53. The van der Waals surface area contributed by atoms with E-state index in [1.807, 2.05) is 32.4 Å². The lowest BCUT2D eigenvalue weighted by atomic mass is 10.2. The molecule has 0 radical (unpaired) electrons. The molecule has 2 fully saturated rings. The van der Waals surface area contributed by atoms with Crippen LogP contribution in [0.2, 0.25) is 0 Å². The minimum atomic E-state index is -0.583. The van der Waals surface area contributed by atoms with Crippen molar-refractivity contribution in [3.05, 3.63) is 11.9 Å². The van der Waals surface area contributed by atoms with Crippen LogP contribution in [0.5, 0.6) is 0 Å². The van der Waals surface area contributed by atoms with Gasteiger partial charge in [-0.1, -0.05) is 0 Å². The molecule has 0 aliphatic carbocycles. The Morgan fingerprint density at radius 1 is 1.23 bits per heavy atom. The summed E-state index contributed by atoms with van der Waals surface area (Å²) in [4.78, 5) is 42.8. The molecule has 0 aromatic carbocycles. The van der Waals surface area contributed by atoms with Gasteiger partial charge in [-0.15, -0.1) is 0 Å². The molecule has 3 aliphatic rings. The number of fused-ring (bicyclic) bond motifs is 1. The van der Waals surface area contributed by atoms with E-state index in [1.54, 1.807) is 20.9 Å². The molecule has 2 saturated heterocycles. The summed E-state index contributed by atoms with van der Waals surface area (Å²) in [7, 11) is 0. The lowest BCUT2D eigenvalue weighted by molar-refractivity contribution is -0.145. The van der Waals surface area contributed by atoms with Crippen LogP contribution in [0.15, 0.2) is 6.20 Å². The molecule has 10 nitrogen and oxygen atoms in total. The summed E-state index contributed by atoms with van der Waals surface area (Å²) in [5.74, 6) is -0.125. The third kappa shape index (κ3) is 3.88. The Bertz CT molecular complexity index is 860. The molecular weight excluding hydrogens is 390 g/mol. The van der Waals surface area contributed by atoms with Crippen LogP contribution in [0, 0.1) is 0 Å². The first-order chi connectivity index (χ1) is 14.1. The van der Waals surface area contributed by atoms with Gasteiger partial charge in [0.2, 0.25) is 11.8 Å². The SMILES string of the molecule is C[C@H]1Cn2ncc(N3CC(N4CCOCC4=O)CC3=O)c2CN1C(=O)OC(C)(C)C. The summed E-state index contributed by atoms with van der Waals surface area (Å²) < 4.78 is 12.6. The molecule has 2 atom stereocenters. The molecule has 1 aromatic heterocycles. The van der Waals surface area contributed by atoms with E-state index < -0.39 is 5.60 Å². The van der Waals surface area contributed by atoms with Gasteiger partial charge < -0.3 is 19.3 Å². The van der Waals surface area contributed by atoms with Crippen LogP contribution in [0.4, 0.5) is 10.5 Å². The topological polar surface area (TPSA) is 97.2 Å². The van der Waals surface area contributed by atoms with Crippen molar-refractivity contribution >= 4 is 23.6 Å². The minimum absolute atomic E-state index is 0.0440. The van der Waals surface area contributed by atoms with Gasteiger partial charge in [0.05, 0.1) is 49.4 Å². The Labute approximate surface area is 175 Å². The number of morpholine rings is 1. The largest absolute Gasteiger partial charge is 0.444 e. The lowest BCUT2D eigenvalue weighted by Crippen LogP contribution is -2.49. The number of hydrogen-bond donors (Lipinski definition) is 0. The van der Waals surface area contributed by atoms with E-state index in [2.05, 4.69) is 5.10 Å². The van der Waals surface area contributed by atoms with Crippen LogP contribution < -0.4 is 4.90 Å². The summed E-state index contributed by atoms with van der Waals surface area (Å²) in [6, 6.07) is -0.248. The number of carbonyl (C=O) groups excluding carboxylic acids is 3. The highest BCUT2D eigenvalue weighted by Gasteiger charge is 2.40. The van der Waals surface area contributed by atoms with Crippen molar-refractivity contribution in [1.29, 1.82) is 0 Å². The maximum absolute atomic E-state index is 12.8. The van der Waals surface area contributed by atoms with Gasteiger partial charge >= 0.3 is 6.09 Å². The number of nitrogens with zero attached hydrogens (tertiary/aromatic N) is 5. The Morgan fingerprint density at radius 3 is 2.70 bits per heavy atom. The summed E-state index contributed by atoms with van der Waals surface area (Å²) in [6.07, 6.45) is 1.59. The van der Waals surface area contributed by atoms with Crippen molar-refractivity contribution in [3.8, 4) is 0 Å². The highest BCUT2D eigenvalue weighted by molar-refractivity contribution is 5.97. The second-order valence-corrected chi connectivity index (χ2v) is 9.12. The van der Waals surface area contributed by atoms with Crippen molar-refractivity contribution in [2.24, 2.45) is 0 Å². The molecule has 0 spiro atoms. The molecule has 30 heavy (non-hydrogen) atoms. The molecule has 0 bridgehead atoms. The average molecular weight is 419 g/mol. The number of carbonyl (C=O) groups is 3. The fourth-order valence-corrected chi connectivity index (χ4v) is 4.22. The Kier molecular flexibility index (Phi) is 5.21. The molecule has 4 heterocycles. The summed E-state index contributed by atoms with van der Waals surface area (Å²) in [6.45, 7) is 9.79. The molecule has 10 heteroatoms. The summed E-state index contributed by atoms with van der Waals surface area (Å²) in [5, 5.41) is 4.45. The van der Waals surface area contributed by atoms with Crippen molar-refractivity contribution in [1.82, 2.24) is 19.6 Å². The highest BCUT2D eigenvalue weighted by atomic mass is 16.6. The second-order valence-electron chi connectivity index (χ2n) is 9.12. The standard InChI is InChI=1S/C20H29N5O5/c1-13-9-25-16(11-23(13)19(28)30-20(2,3)4)15(8-21-25)24-10-14(7-17(24)26)22-5-6-29-12-18(22)27/h8,13-14H,5-7,9-12H2,1-4H3/t13-,14?/m0/s1. The Morgan fingerprint density at radius 2 is 2.00 bits per heavy atom. The zero-order chi connectivity index (χ0) is 21.6. The molecule has 0 N–H and O–H groups in total. The number of anilines is 1. The van der Waals surface area contributed by atoms with Gasteiger partial charge in [0.15, 0.2) is 0 Å². The lowest BCUT2D eigenvalue weighted by Gasteiger charge is -2.36. The molecule has 3 aliphatic heterocycles. The molecular formula is C20H29N5O5. The summed E-state index contributed by atoms with van der Waals surface area (Å²) >= 11 is 0. The first kappa shape index (κ1) is 20.6. The first-order valence-electron chi connectivity index (χ1n) is 10.4. The van der Waals surface area contributed by atoms with Gasteiger partial charge in [-0.2, -0.15) is 5.10 Å². The van der Waals surface area contributed by atoms with Crippen molar-refractivity contribution in [2.45, 2.75) is 64.9 Å². The number of amides is 3. The smallest absolute Gasteiger partial charge is 0.410 e. The van der Waals surface area contributed by atoms with E-state index in [0.717, 1.165) is 5.69 Å². The van der Waals surface area contributed by atoms with Crippen molar-refractivity contribution < 1.29 is 23.9 Å². The van der Waals surface area contributed by atoms with Crippen molar-refractivity contribution in [3.63, 3.8) is 0 Å². The predicted molar refractivity (Wildman–Crippen MR) is 107 cm³/mol. The van der Waals surface area contributed by atoms with Crippen LogP contribution >= 0.6 is 0 Å². The normalized spacial score (nSPS) is 25.0. The second kappa shape index (κ2) is 7.57. The van der Waals surface area contributed by atoms with Crippen molar-refractivity contribution in [2.75, 3.05) is 31.2 Å². The third-order valence-corrected chi connectivity index (χ3v) is 5.70. The molecule has 0 saturated carbocycles. The van der Waals surface area contributed by atoms with E-state index in [-0.39, 0.29) is 43.0 Å². The molecule has 164 valence electrons. The first-order valence-corrected chi connectivity index (χ1v) is 10.4. The zero-order valence-corrected chi connectivity index (χ0v) is 18.0. The number of hydrogen-bond acceptors (Lipinski definition) is 6. The molecule has 1 aromatic rings.